The summed E-state index contributed by atoms with van der Waals surface area (Å²) < 4.78 is 1.15. The van der Waals surface area contributed by atoms with E-state index < -0.39 is 0 Å². The maximum Gasteiger partial charge on any atom is 0.0901 e. The summed E-state index contributed by atoms with van der Waals surface area (Å²) in [7, 11) is 0. The molecule has 0 radical (unpaired) electrons. The summed E-state index contributed by atoms with van der Waals surface area (Å²) in [5.74, 6) is 0. The summed E-state index contributed by atoms with van der Waals surface area (Å²) in [4.78, 5) is 5.54. The second kappa shape index (κ2) is 7.50. The lowest BCUT2D eigenvalue weighted by molar-refractivity contribution is 0.112. The van der Waals surface area contributed by atoms with E-state index in [-0.39, 0.29) is 6.04 Å². The predicted octanol–water partition coefficient (Wildman–Crippen LogP) is 2.63. The predicted molar refractivity (Wildman–Crippen MR) is 91.9 cm³/mol. The molecular weight excluding hydrogens is 334 g/mol. The van der Waals surface area contributed by atoms with Gasteiger partial charge in [0, 0.05) is 37.2 Å². The Morgan fingerprint density at radius 1 is 1.35 bits per heavy atom. The number of piperazine rings is 1. The summed E-state index contributed by atoms with van der Waals surface area (Å²) in [6, 6.07) is 8.79. The Balaban J connectivity index is 1.86. The van der Waals surface area contributed by atoms with Crippen molar-refractivity contribution in [2.75, 3.05) is 26.2 Å². The van der Waals surface area contributed by atoms with Gasteiger partial charge in [0.05, 0.1) is 11.0 Å². The third-order valence-corrected chi connectivity index (χ3v) is 4.62. The van der Waals surface area contributed by atoms with Crippen LogP contribution in [0.2, 0.25) is 0 Å². The Kier molecular flexibility index (Phi) is 5.96. The molecule has 1 aliphatic heterocycles. The van der Waals surface area contributed by atoms with Crippen molar-refractivity contribution in [3.05, 3.63) is 34.3 Å². The number of rotatable bonds is 5. The average Bonchev–Trinajstić information content (AvgIpc) is 2.41. The molecule has 0 amide bonds. The van der Waals surface area contributed by atoms with Crippen LogP contribution in [0.15, 0.2) is 28.7 Å². The van der Waals surface area contributed by atoms with E-state index in [1.807, 2.05) is 0 Å². The smallest absolute Gasteiger partial charge is 0.0901 e. The largest absolute Gasteiger partial charge is 0.392 e. The highest BCUT2D eigenvalue weighted by Gasteiger charge is 2.24. The van der Waals surface area contributed by atoms with Crippen molar-refractivity contribution in [3.63, 3.8) is 0 Å². The fourth-order valence-corrected chi connectivity index (χ4v) is 3.53. The minimum Gasteiger partial charge on any atom is -0.392 e. The van der Waals surface area contributed by atoms with Crippen LogP contribution < -0.4 is 5.73 Å². The topological polar surface area (TPSA) is 32.5 Å². The molecule has 1 aromatic carbocycles. The van der Waals surface area contributed by atoms with E-state index in [1.165, 1.54) is 5.56 Å². The van der Waals surface area contributed by atoms with E-state index in [0.717, 1.165) is 43.6 Å². The number of hydrogen-bond acceptors (Lipinski definition) is 3. The first-order valence-corrected chi connectivity index (χ1v) is 8.30. The highest BCUT2D eigenvalue weighted by molar-refractivity contribution is 9.10. The van der Waals surface area contributed by atoms with Gasteiger partial charge in [-0.05, 0) is 24.1 Å². The molecule has 1 unspecified atom stereocenters. The normalized spacial score (nSPS) is 18.9. The van der Waals surface area contributed by atoms with E-state index in [0.29, 0.717) is 4.99 Å². The highest BCUT2D eigenvalue weighted by atomic mass is 79.9. The van der Waals surface area contributed by atoms with Gasteiger partial charge in [-0.15, -0.1) is 0 Å². The van der Waals surface area contributed by atoms with E-state index in [2.05, 4.69) is 56.9 Å². The fraction of sp³-hybridized carbons (Fsp3) is 0.533. The molecule has 3 nitrogen and oxygen atoms in total. The van der Waals surface area contributed by atoms with Crippen LogP contribution >= 0.6 is 28.1 Å². The average molecular weight is 356 g/mol. The molecular formula is C15H22BrN3S. The van der Waals surface area contributed by atoms with Crippen LogP contribution in [0.1, 0.15) is 18.9 Å². The lowest BCUT2D eigenvalue weighted by Crippen LogP contribution is -2.53. The SMILES string of the molecule is CCC(C(N)=S)N1CCN(Cc2cccc(Br)c2)CC1. The van der Waals surface area contributed by atoms with E-state index in [9.17, 15) is 0 Å². The second-order valence-corrected chi connectivity index (χ2v) is 6.66. The molecule has 0 aliphatic carbocycles. The van der Waals surface area contributed by atoms with Crippen molar-refractivity contribution in [2.45, 2.75) is 25.9 Å². The lowest BCUT2D eigenvalue weighted by Gasteiger charge is -2.38. The highest BCUT2D eigenvalue weighted by Crippen LogP contribution is 2.16. The summed E-state index contributed by atoms with van der Waals surface area (Å²) in [6.07, 6.45) is 1.00. The molecule has 1 heterocycles. The quantitative estimate of drug-likeness (QED) is 0.823. The summed E-state index contributed by atoms with van der Waals surface area (Å²) in [6.45, 7) is 7.40. The Hall–Kier alpha value is -0.490. The minimum atomic E-state index is 0.262. The molecule has 1 aliphatic rings. The van der Waals surface area contributed by atoms with Crippen molar-refractivity contribution in [1.29, 1.82) is 0 Å². The lowest BCUT2D eigenvalue weighted by atomic mass is 10.1. The Morgan fingerprint density at radius 3 is 2.60 bits per heavy atom. The zero-order valence-electron chi connectivity index (χ0n) is 11.9. The van der Waals surface area contributed by atoms with Gasteiger partial charge in [0.1, 0.15) is 0 Å². The Labute approximate surface area is 135 Å². The van der Waals surface area contributed by atoms with Gasteiger partial charge in [-0.2, -0.15) is 0 Å². The van der Waals surface area contributed by atoms with Crippen molar-refractivity contribution >= 4 is 33.1 Å². The number of halogens is 1. The molecule has 2 N–H and O–H groups in total. The summed E-state index contributed by atoms with van der Waals surface area (Å²) in [5.41, 5.74) is 7.18. The van der Waals surface area contributed by atoms with Gasteiger partial charge >= 0.3 is 0 Å². The van der Waals surface area contributed by atoms with Gasteiger partial charge in [0.15, 0.2) is 0 Å². The zero-order chi connectivity index (χ0) is 14.5. The third-order valence-electron chi connectivity index (χ3n) is 3.86. The molecule has 1 atom stereocenters. The first-order chi connectivity index (χ1) is 9.60. The van der Waals surface area contributed by atoms with Gasteiger partial charge in [-0.25, -0.2) is 0 Å². The minimum absolute atomic E-state index is 0.262. The van der Waals surface area contributed by atoms with Crippen LogP contribution in [0.4, 0.5) is 0 Å². The van der Waals surface area contributed by atoms with Gasteiger partial charge in [-0.3, -0.25) is 9.80 Å². The maximum absolute atomic E-state index is 5.82. The molecule has 0 saturated carbocycles. The van der Waals surface area contributed by atoms with Crippen LogP contribution in [0, 0.1) is 0 Å². The molecule has 110 valence electrons. The third kappa shape index (κ3) is 4.25. The summed E-state index contributed by atoms with van der Waals surface area (Å²) in [5, 5.41) is 0. The Morgan fingerprint density at radius 2 is 2.05 bits per heavy atom. The molecule has 1 aromatic rings. The molecule has 20 heavy (non-hydrogen) atoms. The van der Waals surface area contributed by atoms with Crippen molar-refractivity contribution in [3.8, 4) is 0 Å². The molecule has 2 rings (SSSR count). The second-order valence-electron chi connectivity index (χ2n) is 5.27. The van der Waals surface area contributed by atoms with Crippen molar-refractivity contribution in [2.24, 2.45) is 5.73 Å². The molecule has 1 saturated heterocycles. The van der Waals surface area contributed by atoms with Crippen molar-refractivity contribution < 1.29 is 0 Å². The Bertz CT molecular complexity index is 458. The van der Waals surface area contributed by atoms with Gasteiger partial charge in [0.2, 0.25) is 0 Å². The van der Waals surface area contributed by atoms with Crippen molar-refractivity contribution in [1.82, 2.24) is 9.80 Å². The first kappa shape index (κ1) is 15.9. The number of hydrogen-bond donors (Lipinski definition) is 1. The molecule has 0 bridgehead atoms. The monoisotopic (exact) mass is 355 g/mol. The molecule has 0 spiro atoms. The van der Waals surface area contributed by atoms with Gasteiger partial charge < -0.3 is 5.73 Å². The van der Waals surface area contributed by atoms with Gasteiger partial charge in [0.25, 0.3) is 0 Å². The van der Waals surface area contributed by atoms with Crippen LogP contribution in [0.5, 0.6) is 0 Å². The number of benzene rings is 1. The van der Waals surface area contributed by atoms with Crippen LogP contribution in [-0.4, -0.2) is 47.0 Å². The standard InChI is InChI=1S/C15H22BrN3S/c1-2-14(15(17)20)19-8-6-18(7-9-19)11-12-4-3-5-13(16)10-12/h3-5,10,14H,2,6-9,11H2,1H3,(H2,17,20). The molecule has 5 heteroatoms. The van der Waals surface area contributed by atoms with Crippen LogP contribution in [0.3, 0.4) is 0 Å². The van der Waals surface area contributed by atoms with E-state index in [1.54, 1.807) is 0 Å². The number of thiocarbonyl (C=S) groups is 1. The molecule has 0 aromatic heterocycles. The fourth-order valence-electron chi connectivity index (χ4n) is 2.77. The summed E-state index contributed by atoms with van der Waals surface area (Å²) >= 11 is 8.69. The van der Waals surface area contributed by atoms with Crippen LogP contribution in [-0.2, 0) is 6.54 Å². The zero-order valence-corrected chi connectivity index (χ0v) is 14.3. The van der Waals surface area contributed by atoms with Crippen LogP contribution in [0.25, 0.3) is 0 Å². The molecule has 1 fully saturated rings. The van der Waals surface area contributed by atoms with E-state index >= 15 is 0 Å². The van der Waals surface area contributed by atoms with Gasteiger partial charge in [-0.1, -0.05) is 47.2 Å². The van der Waals surface area contributed by atoms with E-state index in [4.69, 9.17) is 18.0 Å². The number of nitrogens with two attached hydrogens (primary N) is 1. The number of nitrogens with zero attached hydrogens (tertiary/aromatic N) is 2. The maximum atomic E-state index is 5.82. The first-order valence-electron chi connectivity index (χ1n) is 7.10.